The molecule has 0 saturated heterocycles. The standard InChI is InChI=1S/C19H17FO3/c1-3-14-10-18(21)23-19-12(2)17(9-8-16(14)19)22-11-13-4-6-15(20)7-5-13/h4-10H,3,11H2,1-2H3. The average Bonchev–Trinajstić information content (AvgIpc) is 2.55. The van der Waals surface area contributed by atoms with E-state index in [-0.39, 0.29) is 11.4 Å². The first-order valence-corrected chi connectivity index (χ1v) is 7.52. The molecule has 0 amide bonds. The molecule has 23 heavy (non-hydrogen) atoms. The Morgan fingerprint density at radius 1 is 1.13 bits per heavy atom. The molecule has 0 saturated carbocycles. The van der Waals surface area contributed by atoms with Crippen molar-refractivity contribution in [1.82, 2.24) is 0 Å². The van der Waals surface area contributed by atoms with Gasteiger partial charge in [0.25, 0.3) is 0 Å². The van der Waals surface area contributed by atoms with Crippen LogP contribution in [0.3, 0.4) is 0 Å². The van der Waals surface area contributed by atoms with Crippen LogP contribution >= 0.6 is 0 Å². The Morgan fingerprint density at radius 3 is 2.57 bits per heavy atom. The molecule has 0 aliphatic carbocycles. The van der Waals surface area contributed by atoms with E-state index in [1.807, 2.05) is 26.0 Å². The fraction of sp³-hybridized carbons (Fsp3) is 0.211. The number of ether oxygens (including phenoxy) is 1. The fourth-order valence-electron chi connectivity index (χ4n) is 2.60. The molecule has 1 heterocycles. The minimum absolute atomic E-state index is 0.274. The molecule has 0 unspecified atom stereocenters. The summed E-state index contributed by atoms with van der Waals surface area (Å²) >= 11 is 0. The van der Waals surface area contributed by atoms with Gasteiger partial charge >= 0.3 is 5.63 Å². The van der Waals surface area contributed by atoms with Crippen LogP contribution in [0.15, 0.2) is 51.7 Å². The highest BCUT2D eigenvalue weighted by Crippen LogP contribution is 2.29. The van der Waals surface area contributed by atoms with Gasteiger partial charge in [0.1, 0.15) is 23.8 Å². The van der Waals surface area contributed by atoms with E-state index in [4.69, 9.17) is 9.15 Å². The van der Waals surface area contributed by atoms with E-state index < -0.39 is 0 Å². The number of rotatable bonds is 4. The van der Waals surface area contributed by atoms with Gasteiger partial charge in [0, 0.05) is 17.0 Å². The third-order valence-corrected chi connectivity index (χ3v) is 3.89. The summed E-state index contributed by atoms with van der Waals surface area (Å²) < 4.78 is 24.1. The average molecular weight is 312 g/mol. The van der Waals surface area contributed by atoms with E-state index in [9.17, 15) is 9.18 Å². The predicted octanol–water partition coefficient (Wildman–Crippen LogP) is 4.38. The summed E-state index contributed by atoms with van der Waals surface area (Å²) in [5, 5.41) is 0.929. The Morgan fingerprint density at radius 2 is 1.87 bits per heavy atom. The minimum atomic E-state index is -0.354. The number of hydrogen-bond donors (Lipinski definition) is 0. The van der Waals surface area contributed by atoms with Crippen molar-refractivity contribution in [2.24, 2.45) is 0 Å². The van der Waals surface area contributed by atoms with E-state index in [1.165, 1.54) is 18.2 Å². The Bertz CT molecular complexity index is 895. The van der Waals surface area contributed by atoms with Gasteiger partial charge in [0.05, 0.1) is 0 Å². The summed E-state index contributed by atoms with van der Waals surface area (Å²) in [6.45, 7) is 4.19. The van der Waals surface area contributed by atoms with Gasteiger partial charge in [0.15, 0.2) is 0 Å². The van der Waals surface area contributed by atoms with Crippen molar-refractivity contribution >= 4 is 11.0 Å². The molecule has 0 fully saturated rings. The van der Waals surface area contributed by atoms with Gasteiger partial charge in [-0.3, -0.25) is 0 Å². The quantitative estimate of drug-likeness (QED) is 0.671. The van der Waals surface area contributed by atoms with E-state index >= 15 is 0 Å². The highest BCUT2D eigenvalue weighted by molar-refractivity contribution is 5.84. The smallest absolute Gasteiger partial charge is 0.336 e. The lowest BCUT2D eigenvalue weighted by Gasteiger charge is -2.12. The molecule has 1 aromatic heterocycles. The molecule has 0 spiro atoms. The van der Waals surface area contributed by atoms with Crippen molar-refractivity contribution in [1.29, 1.82) is 0 Å². The molecule has 0 atom stereocenters. The topological polar surface area (TPSA) is 39.4 Å². The van der Waals surface area contributed by atoms with Crippen molar-refractivity contribution in [2.45, 2.75) is 26.9 Å². The van der Waals surface area contributed by atoms with Crippen LogP contribution in [0.5, 0.6) is 5.75 Å². The molecule has 0 bridgehead atoms. The molecule has 0 N–H and O–H groups in total. The molecule has 0 aliphatic rings. The first kappa shape index (κ1) is 15.3. The van der Waals surface area contributed by atoms with Crippen LogP contribution < -0.4 is 10.4 Å². The lowest BCUT2D eigenvalue weighted by molar-refractivity contribution is 0.304. The second-order valence-corrected chi connectivity index (χ2v) is 5.42. The Kier molecular flexibility index (Phi) is 4.15. The first-order chi connectivity index (χ1) is 11.1. The van der Waals surface area contributed by atoms with Crippen molar-refractivity contribution in [2.75, 3.05) is 0 Å². The molecule has 2 aromatic carbocycles. The summed E-state index contributed by atoms with van der Waals surface area (Å²) in [4.78, 5) is 11.7. The number of halogens is 1. The maximum Gasteiger partial charge on any atom is 0.336 e. The third kappa shape index (κ3) is 3.11. The molecule has 0 aliphatic heterocycles. The van der Waals surface area contributed by atoms with Crippen molar-refractivity contribution in [3.63, 3.8) is 0 Å². The molecule has 0 radical (unpaired) electrons. The highest BCUT2D eigenvalue weighted by Gasteiger charge is 2.11. The lowest BCUT2D eigenvalue weighted by Crippen LogP contribution is -2.02. The molecule has 118 valence electrons. The summed E-state index contributed by atoms with van der Waals surface area (Å²) in [5.74, 6) is 0.378. The predicted molar refractivity (Wildman–Crippen MR) is 87.3 cm³/mol. The molecular formula is C19H17FO3. The molecule has 3 nitrogen and oxygen atoms in total. The largest absolute Gasteiger partial charge is 0.488 e. The SMILES string of the molecule is CCc1cc(=O)oc2c(C)c(OCc3ccc(F)cc3)ccc12. The first-order valence-electron chi connectivity index (χ1n) is 7.52. The van der Waals surface area contributed by atoms with Gasteiger partial charge in [-0.05, 0) is 48.7 Å². The molecule has 3 aromatic rings. The second kappa shape index (κ2) is 6.24. The van der Waals surface area contributed by atoms with Gasteiger partial charge in [-0.1, -0.05) is 19.1 Å². The zero-order valence-corrected chi connectivity index (χ0v) is 13.1. The number of fused-ring (bicyclic) bond motifs is 1. The van der Waals surface area contributed by atoms with Gasteiger partial charge in [-0.25, -0.2) is 9.18 Å². The van der Waals surface area contributed by atoms with Gasteiger partial charge in [-0.15, -0.1) is 0 Å². The van der Waals surface area contributed by atoms with Crippen LogP contribution in [0.1, 0.15) is 23.6 Å². The maximum absolute atomic E-state index is 12.9. The Balaban J connectivity index is 1.94. The van der Waals surface area contributed by atoms with Crippen LogP contribution in [-0.4, -0.2) is 0 Å². The zero-order valence-electron chi connectivity index (χ0n) is 13.1. The van der Waals surface area contributed by atoms with Crippen molar-refractivity contribution in [3.05, 3.63) is 75.4 Å². The summed E-state index contributed by atoms with van der Waals surface area (Å²) in [6, 6.07) is 11.5. The fourth-order valence-corrected chi connectivity index (χ4v) is 2.60. The van der Waals surface area contributed by atoms with Crippen molar-refractivity contribution < 1.29 is 13.5 Å². The number of hydrogen-bond acceptors (Lipinski definition) is 3. The normalized spacial score (nSPS) is 10.9. The van der Waals surface area contributed by atoms with Crippen molar-refractivity contribution in [3.8, 4) is 5.75 Å². The van der Waals surface area contributed by atoms with Crippen LogP contribution in [0.2, 0.25) is 0 Å². The summed E-state index contributed by atoms with van der Waals surface area (Å²) in [6.07, 6.45) is 0.761. The van der Waals surface area contributed by atoms with Crippen LogP contribution in [0.4, 0.5) is 4.39 Å². The zero-order chi connectivity index (χ0) is 16.4. The molecule has 4 heteroatoms. The van der Waals surface area contributed by atoms with E-state index in [0.717, 1.165) is 28.5 Å². The Labute approximate surface area is 133 Å². The molecule has 3 rings (SSSR count). The van der Waals surface area contributed by atoms with Gasteiger partial charge in [-0.2, -0.15) is 0 Å². The van der Waals surface area contributed by atoms with Gasteiger partial charge in [0.2, 0.25) is 0 Å². The lowest BCUT2D eigenvalue weighted by atomic mass is 10.0. The minimum Gasteiger partial charge on any atom is -0.488 e. The highest BCUT2D eigenvalue weighted by atomic mass is 19.1. The van der Waals surface area contributed by atoms with Crippen LogP contribution in [-0.2, 0) is 13.0 Å². The Hall–Kier alpha value is -2.62. The van der Waals surface area contributed by atoms with Crippen LogP contribution in [0, 0.1) is 12.7 Å². The van der Waals surface area contributed by atoms with Gasteiger partial charge < -0.3 is 9.15 Å². The maximum atomic E-state index is 12.9. The number of aryl methyl sites for hydroxylation is 2. The molecular weight excluding hydrogens is 295 g/mol. The van der Waals surface area contributed by atoms with E-state index in [0.29, 0.717) is 17.9 Å². The summed E-state index contributed by atoms with van der Waals surface area (Å²) in [7, 11) is 0. The van der Waals surface area contributed by atoms with E-state index in [1.54, 1.807) is 12.1 Å². The monoisotopic (exact) mass is 312 g/mol. The third-order valence-electron chi connectivity index (χ3n) is 3.89. The summed E-state index contributed by atoms with van der Waals surface area (Å²) in [5.41, 5.74) is 2.83. The second-order valence-electron chi connectivity index (χ2n) is 5.42. The number of benzene rings is 2. The van der Waals surface area contributed by atoms with Crippen LogP contribution in [0.25, 0.3) is 11.0 Å². The van der Waals surface area contributed by atoms with E-state index in [2.05, 4.69) is 0 Å².